The topological polar surface area (TPSA) is 37.3 Å². The Morgan fingerprint density at radius 1 is 1.18 bits per heavy atom. The molecule has 1 aliphatic carbocycles. The van der Waals surface area contributed by atoms with E-state index < -0.39 is 5.97 Å². The Kier molecular flexibility index (Phi) is 7.94. The Balaban J connectivity index is 2.98. The molecule has 0 spiro atoms. The van der Waals surface area contributed by atoms with Crippen LogP contribution < -0.4 is 0 Å². The summed E-state index contributed by atoms with van der Waals surface area (Å²) in [5, 5.41) is 9.37. The van der Waals surface area contributed by atoms with Gasteiger partial charge >= 0.3 is 5.97 Å². The highest BCUT2D eigenvalue weighted by molar-refractivity contribution is 5.86. The fourth-order valence-corrected chi connectivity index (χ4v) is 2.64. The number of carboxylic acids is 1. The first kappa shape index (κ1) is 18.5. The number of aliphatic carboxylic acids is 1. The van der Waals surface area contributed by atoms with Crippen molar-refractivity contribution in [2.45, 2.75) is 59.8 Å². The van der Waals surface area contributed by atoms with Crippen LogP contribution in [0.5, 0.6) is 0 Å². The number of hydrogen-bond acceptors (Lipinski definition) is 1. The van der Waals surface area contributed by atoms with Gasteiger partial charge in [-0.2, -0.15) is 0 Å². The lowest BCUT2D eigenvalue weighted by Crippen LogP contribution is -2.09. The maximum Gasteiger partial charge on any atom is 0.331 e. The van der Waals surface area contributed by atoms with Gasteiger partial charge in [0.05, 0.1) is 0 Å². The van der Waals surface area contributed by atoms with Gasteiger partial charge in [0.15, 0.2) is 0 Å². The molecule has 0 aliphatic heterocycles. The fraction of sp³-hybridized carbons (Fsp3) is 0.550. The standard InChI is InChI=1S/C20H30O2/c1-15(2)18-12-11-17(4)8-5-7-16(3)9-6-10-19(14-13-18)20(21)22/h7-8,10-12,15,18H,5-6,9,13-14H2,1-4H3,(H,21,22)/b12-11?,16-7+,17-8?,19-10-/t18-/m0/s1. The molecule has 1 aliphatic rings. The van der Waals surface area contributed by atoms with Crippen molar-refractivity contribution < 1.29 is 9.90 Å². The van der Waals surface area contributed by atoms with E-state index in [2.05, 4.69) is 52.0 Å². The summed E-state index contributed by atoms with van der Waals surface area (Å²) in [4.78, 5) is 11.4. The number of allylic oxidation sites excluding steroid dienone is 7. The Bertz CT molecular complexity index is 490. The fourth-order valence-electron chi connectivity index (χ4n) is 2.64. The monoisotopic (exact) mass is 302 g/mol. The summed E-state index contributed by atoms with van der Waals surface area (Å²) in [6, 6.07) is 0. The molecule has 1 atom stereocenters. The van der Waals surface area contributed by atoms with Crippen molar-refractivity contribution in [2.75, 3.05) is 0 Å². The van der Waals surface area contributed by atoms with Crippen LogP contribution in [0, 0.1) is 11.8 Å². The third-order valence-corrected chi connectivity index (χ3v) is 4.32. The second-order valence-corrected chi connectivity index (χ2v) is 6.61. The van der Waals surface area contributed by atoms with E-state index in [0.29, 0.717) is 23.8 Å². The average Bonchev–Trinajstić information content (AvgIpc) is 2.43. The van der Waals surface area contributed by atoms with Crippen molar-refractivity contribution in [2.24, 2.45) is 11.8 Å². The van der Waals surface area contributed by atoms with Gasteiger partial charge in [-0.3, -0.25) is 0 Å². The zero-order valence-electron chi connectivity index (χ0n) is 14.4. The molecule has 1 N–H and O–H groups in total. The first-order valence-corrected chi connectivity index (χ1v) is 8.33. The minimum atomic E-state index is -0.767. The quantitative estimate of drug-likeness (QED) is 0.666. The molecule has 2 heteroatoms. The molecule has 0 aromatic heterocycles. The van der Waals surface area contributed by atoms with E-state index >= 15 is 0 Å². The van der Waals surface area contributed by atoms with Crippen LogP contribution in [0.4, 0.5) is 0 Å². The second-order valence-electron chi connectivity index (χ2n) is 6.61. The predicted octanol–water partition coefficient (Wildman–Crippen LogP) is 5.68. The van der Waals surface area contributed by atoms with Crippen LogP contribution in [0.1, 0.15) is 59.8 Å². The van der Waals surface area contributed by atoms with Crippen molar-refractivity contribution in [3.8, 4) is 0 Å². The van der Waals surface area contributed by atoms with Crippen LogP contribution in [0.15, 0.2) is 47.1 Å². The van der Waals surface area contributed by atoms with E-state index in [4.69, 9.17) is 0 Å². The molecule has 122 valence electrons. The maximum absolute atomic E-state index is 11.4. The zero-order chi connectivity index (χ0) is 16.5. The number of hydrogen-bond donors (Lipinski definition) is 1. The van der Waals surface area contributed by atoms with E-state index in [1.54, 1.807) is 0 Å². The van der Waals surface area contributed by atoms with Crippen LogP contribution in [-0.2, 0) is 4.79 Å². The van der Waals surface area contributed by atoms with Gasteiger partial charge in [-0.05, 0) is 57.8 Å². The number of rotatable bonds is 2. The van der Waals surface area contributed by atoms with Gasteiger partial charge in [0.1, 0.15) is 0 Å². The minimum Gasteiger partial charge on any atom is -0.478 e. The Hall–Kier alpha value is -1.57. The van der Waals surface area contributed by atoms with E-state index in [1.165, 1.54) is 11.1 Å². The van der Waals surface area contributed by atoms with E-state index in [9.17, 15) is 9.90 Å². The molecule has 0 radical (unpaired) electrons. The largest absolute Gasteiger partial charge is 0.478 e. The molecule has 2 nitrogen and oxygen atoms in total. The second kappa shape index (κ2) is 9.45. The smallest absolute Gasteiger partial charge is 0.331 e. The molecule has 0 saturated carbocycles. The summed E-state index contributed by atoms with van der Waals surface area (Å²) < 4.78 is 0. The molecular formula is C20H30O2. The van der Waals surface area contributed by atoms with Gasteiger partial charge in [0.25, 0.3) is 0 Å². The lowest BCUT2D eigenvalue weighted by molar-refractivity contribution is -0.132. The van der Waals surface area contributed by atoms with Gasteiger partial charge in [0, 0.05) is 5.57 Å². The van der Waals surface area contributed by atoms with Crippen molar-refractivity contribution >= 4 is 5.97 Å². The Morgan fingerprint density at radius 2 is 1.91 bits per heavy atom. The number of carbonyl (C=O) groups is 1. The van der Waals surface area contributed by atoms with E-state index in [0.717, 1.165) is 25.7 Å². The zero-order valence-corrected chi connectivity index (χ0v) is 14.4. The lowest BCUT2D eigenvalue weighted by Gasteiger charge is -2.17. The van der Waals surface area contributed by atoms with Crippen LogP contribution >= 0.6 is 0 Å². The molecule has 0 amide bonds. The highest BCUT2D eigenvalue weighted by atomic mass is 16.4. The highest BCUT2D eigenvalue weighted by Crippen LogP contribution is 2.23. The molecule has 1 rings (SSSR count). The average molecular weight is 302 g/mol. The van der Waals surface area contributed by atoms with Crippen LogP contribution in [0.2, 0.25) is 0 Å². The van der Waals surface area contributed by atoms with Gasteiger partial charge in [-0.25, -0.2) is 4.79 Å². The van der Waals surface area contributed by atoms with Gasteiger partial charge in [-0.15, -0.1) is 0 Å². The lowest BCUT2D eigenvalue weighted by atomic mass is 9.88. The van der Waals surface area contributed by atoms with Gasteiger partial charge in [0.2, 0.25) is 0 Å². The molecular weight excluding hydrogens is 272 g/mol. The third-order valence-electron chi connectivity index (χ3n) is 4.32. The first-order chi connectivity index (χ1) is 10.4. The molecule has 0 aromatic carbocycles. The summed E-state index contributed by atoms with van der Waals surface area (Å²) in [7, 11) is 0. The van der Waals surface area contributed by atoms with E-state index in [1.807, 2.05) is 6.08 Å². The van der Waals surface area contributed by atoms with Crippen molar-refractivity contribution in [1.82, 2.24) is 0 Å². The SMILES string of the molecule is CC1=CC/C=C(\C)CC/C=C(\C(=O)O)CC[C@@H](C(C)C)C=C1. The van der Waals surface area contributed by atoms with Crippen molar-refractivity contribution in [3.05, 3.63) is 47.1 Å². The van der Waals surface area contributed by atoms with Crippen LogP contribution in [0.25, 0.3) is 0 Å². The third kappa shape index (κ3) is 6.93. The van der Waals surface area contributed by atoms with Crippen LogP contribution in [0.3, 0.4) is 0 Å². The predicted molar refractivity (Wildman–Crippen MR) is 93.8 cm³/mol. The molecule has 0 saturated heterocycles. The molecule has 0 fully saturated rings. The summed E-state index contributed by atoms with van der Waals surface area (Å²) in [6.45, 7) is 8.65. The maximum atomic E-state index is 11.4. The van der Waals surface area contributed by atoms with Crippen molar-refractivity contribution in [1.29, 1.82) is 0 Å². The Labute approximate surface area is 135 Å². The summed E-state index contributed by atoms with van der Waals surface area (Å²) in [5.41, 5.74) is 3.17. The molecule has 0 heterocycles. The molecule has 22 heavy (non-hydrogen) atoms. The summed E-state index contributed by atoms with van der Waals surface area (Å²) in [5.74, 6) is 0.178. The molecule has 0 unspecified atom stereocenters. The van der Waals surface area contributed by atoms with E-state index in [-0.39, 0.29) is 0 Å². The molecule has 0 aromatic rings. The number of carboxylic acid groups (broad SMARTS) is 1. The van der Waals surface area contributed by atoms with Crippen molar-refractivity contribution in [3.63, 3.8) is 0 Å². The van der Waals surface area contributed by atoms with Gasteiger partial charge < -0.3 is 5.11 Å². The summed E-state index contributed by atoms with van der Waals surface area (Å²) in [6.07, 6.45) is 15.1. The van der Waals surface area contributed by atoms with Crippen LogP contribution in [-0.4, -0.2) is 11.1 Å². The summed E-state index contributed by atoms with van der Waals surface area (Å²) >= 11 is 0. The Morgan fingerprint density at radius 3 is 2.55 bits per heavy atom. The highest BCUT2D eigenvalue weighted by Gasteiger charge is 2.14. The first-order valence-electron chi connectivity index (χ1n) is 8.33. The normalized spacial score (nSPS) is 26.4. The molecule has 0 bridgehead atoms. The van der Waals surface area contributed by atoms with Gasteiger partial charge in [-0.1, -0.05) is 55.4 Å². The minimum absolute atomic E-state index is 0.423.